The van der Waals surface area contributed by atoms with Gasteiger partial charge in [0.1, 0.15) is 0 Å². The second-order valence-electron chi connectivity index (χ2n) is 6.61. The normalized spacial score (nSPS) is 14.6. The number of nitrogens with zero attached hydrogens (tertiary/aromatic N) is 1. The molecule has 0 unspecified atom stereocenters. The largest absolute Gasteiger partial charge is 0.416 e. The van der Waals surface area contributed by atoms with Crippen molar-refractivity contribution >= 4 is 27.3 Å². The standard InChI is InChI=1S/C18H14F6N2O3S/c1-10(27)26-5-4-11-6-14(2-3-16(11)26)25-30(28,29)15-8-12(17(19,20)21)7-13(9-15)18(22,23)24/h2-3,6-9,25H,4-5H2,1H3. The Kier molecular flexibility index (Phi) is 5.25. The lowest BCUT2D eigenvalue weighted by Crippen LogP contribution is -2.25. The van der Waals surface area contributed by atoms with E-state index in [-0.39, 0.29) is 29.8 Å². The van der Waals surface area contributed by atoms with Crippen molar-refractivity contribution in [2.24, 2.45) is 0 Å². The summed E-state index contributed by atoms with van der Waals surface area (Å²) in [4.78, 5) is 11.9. The maximum Gasteiger partial charge on any atom is 0.416 e. The number of carbonyl (C=O) groups excluding carboxylic acids is 1. The lowest BCUT2D eigenvalue weighted by Gasteiger charge is -2.16. The van der Waals surface area contributed by atoms with Crippen LogP contribution < -0.4 is 9.62 Å². The van der Waals surface area contributed by atoms with E-state index in [1.165, 1.54) is 30.0 Å². The quantitative estimate of drug-likeness (QED) is 0.701. The SMILES string of the molecule is CC(=O)N1CCc2cc(NS(=O)(=O)c3cc(C(F)(F)F)cc(C(F)(F)F)c3)ccc21. The molecule has 0 radical (unpaired) electrons. The summed E-state index contributed by atoms with van der Waals surface area (Å²) in [6.07, 6.45) is -9.92. The minimum absolute atomic E-state index is 0.0508. The van der Waals surface area contributed by atoms with Crippen LogP contribution in [0.2, 0.25) is 0 Å². The number of anilines is 2. The molecular weight excluding hydrogens is 438 g/mol. The molecule has 1 amide bonds. The van der Waals surface area contributed by atoms with Crippen molar-refractivity contribution in [1.29, 1.82) is 0 Å². The predicted octanol–water partition coefficient (Wildman–Crippen LogP) is 4.43. The zero-order chi connectivity index (χ0) is 22.5. The Balaban J connectivity index is 1.99. The molecule has 2 aromatic rings. The fraction of sp³-hybridized carbons (Fsp3) is 0.278. The van der Waals surface area contributed by atoms with Gasteiger partial charge in [-0.1, -0.05) is 0 Å². The molecule has 0 aromatic heterocycles. The van der Waals surface area contributed by atoms with Crippen molar-refractivity contribution in [3.05, 3.63) is 53.1 Å². The Morgan fingerprint density at radius 1 is 0.967 bits per heavy atom. The third kappa shape index (κ3) is 4.37. The smallest absolute Gasteiger partial charge is 0.312 e. The van der Waals surface area contributed by atoms with E-state index in [9.17, 15) is 39.6 Å². The Labute approximate surface area is 167 Å². The first-order chi connectivity index (χ1) is 13.7. The lowest BCUT2D eigenvalue weighted by atomic mass is 10.1. The number of fused-ring (bicyclic) bond motifs is 1. The van der Waals surface area contributed by atoms with Crippen LogP contribution in [-0.2, 0) is 33.6 Å². The predicted molar refractivity (Wildman–Crippen MR) is 95.4 cm³/mol. The average molecular weight is 452 g/mol. The molecule has 30 heavy (non-hydrogen) atoms. The minimum atomic E-state index is -5.17. The van der Waals surface area contributed by atoms with Crippen LogP contribution in [0, 0.1) is 0 Å². The molecule has 2 aromatic carbocycles. The highest BCUT2D eigenvalue weighted by Crippen LogP contribution is 2.38. The molecule has 0 saturated carbocycles. The van der Waals surface area contributed by atoms with E-state index in [2.05, 4.69) is 0 Å². The summed E-state index contributed by atoms with van der Waals surface area (Å²) in [7, 11) is -4.76. The van der Waals surface area contributed by atoms with Gasteiger partial charge in [-0.2, -0.15) is 26.3 Å². The molecule has 0 bridgehead atoms. The topological polar surface area (TPSA) is 66.5 Å². The van der Waals surface area contributed by atoms with Gasteiger partial charge in [0.25, 0.3) is 10.0 Å². The molecule has 0 saturated heterocycles. The zero-order valence-electron chi connectivity index (χ0n) is 15.2. The molecule has 0 aliphatic carbocycles. The molecule has 3 rings (SSSR count). The third-order valence-electron chi connectivity index (χ3n) is 4.48. The molecule has 162 valence electrons. The number of rotatable bonds is 3. The van der Waals surface area contributed by atoms with Crippen molar-refractivity contribution in [3.8, 4) is 0 Å². The number of sulfonamides is 1. The summed E-state index contributed by atoms with van der Waals surface area (Å²) in [6.45, 7) is 1.74. The van der Waals surface area contributed by atoms with Crippen molar-refractivity contribution < 1.29 is 39.6 Å². The zero-order valence-corrected chi connectivity index (χ0v) is 16.0. The van der Waals surface area contributed by atoms with E-state index < -0.39 is 38.4 Å². The van der Waals surface area contributed by atoms with Crippen LogP contribution in [0.1, 0.15) is 23.6 Å². The second kappa shape index (κ2) is 7.18. The fourth-order valence-electron chi connectivity index (χ4n) is 3.09. The summed E-state index contributed by atoms with van der Waals surface area (Å²) in [5.74, 6) is -0.217. The van der Waals surface area contributed by atoms with Crippen molar-refractivity contribution in [2.45, 2.75) is 30.6 Å². The van der Waals surface area contributed by atoms with Gasteiger partial charge in [-0.05, 0) is 48.4 Å². The van der Waals surface area contributed by atoms with E-state index in [0.717, 1.165) is 0 Å². The highest BCUT2D eigenvalue weighted by molar-refractivity contribution is 7.92. The van der Waals surface area contributed by atoms with Gasteiger partial charge in [0.15, 0.2) is 0 Å². The van der Waals surface area contributed by atoms with Crippen LogP contribution in [0.15, 0.2) is 41.3 Å². The van der Waals surface area contributed by atoms with Gasteiger partial charge in [-0.25, -0.2) is 8.42 Å². The third-order valence-corrected chi connectivity index (χ3v) is 5.84. The van der Waals surface area contributed by atoms with Crippen molar-refractivity contribution in [2.75, 3.05) is 16.2 Å². The lowest BCUT2D eigenvalue weighted by molar-refractivity contribution is -0.143. The molecule has 1 heterocycles. The number of hydrogen-bond donors (Lipinski definition) is 1. The van der Waals surface area contributed by atoms with Crippen molar-refractivity contribution in [3.63, 3.8) is 0 Å². The first-order valence-electron chi connectivity index (χ1n) is 8.42. The highest BCUT2D eigenvalue weighted by atomic mass is 32.2. The Morgan fingerprint density at radius 2 is 1.53 bits per heavy atom. The Morgan fingerprint density at radius 3 is 2.03 bits per heavy atom. The maximum absolute atomic E-state index is 13.0. The molecule has 1 aliphatic rings. The summed E-state index contributed by atoms with van der Waals surface area (Å²) >= 11 is 0. The summed E-state index contributed by atoms with van der Waals surface area (Å²) < 4.78 is 105. The number of benzene rings is 2. The fourth-order valence-corrected chi connectivity index (χ4v) is 4.21. The molecule has 0 fully saturated rings. The molecule has 0 atom stereocenters. The number of carbonyl (C=O) groups is 1. The summed E-state index contributed by atoms with van der Waals surface area (Å²) in [6, 6.07) is 4.24. The minimum Gasteiger partial charge on any atom is -0.312 e. The van der Waals surface area contributed by atoms with Gasteiger partial charge in [0.2, 0.25) is 5.91 Å². The van der Waals surface area contributed by atoms with Gasteiger partial charge in [-0.15, -0.1) is 0 Å². The van der Waals surface area contributed by atoms with Crippen molar-refractivity contribution in [1.82, 2.24) is 0 Å². The monoisotopic (exact) mass is 452 g/mol. The molecule has 0 spiro atoms. The van der Waals surface area contributed by atoms with Gasteiger partial charge >= 0.3 is 12.4 Å². The van der Waals surface area contributed by atoms with Gasteiger partial charge < -0.3 is 4.90 Å². The van der Waals surface area contributed by atoms with E-state index >= 15 is 0 Å². The second-order valence-corrected chi connectivity index (χ2v) is 8.29. The van der Waals surface area contributed by atoms with Crippen LogP contribution in [0.5, 0.6) is 0 Å². The van der Waals surface area contributed by atoms with Crippen LogP contribution in [0.4, 0.5) is 37.7 Å². The summed E-state index contributed by atoms with van der Waals surface area (Å²) in [5, 5.41) is 0. The number of halogens is 6. The van der Waals surface area contributed by atoms with Gasteiger partial charge in [0.05, 0.1) is 16.0 Å². The van der Waals surface area contributed by atoms with E-state index in [1.807, 2.05) is 4.72 Å². The number of alkyl halides is 6. The molecular formula is C18H14F6N2O3S. The highest BCUT2D eigenvalue weighted by Gasteiger charge is 2.38. The number of amides is 1. The number of nitrogens with one attached hydrogen (secondary N) is 1. The van der Waals surface area contributed by atoms with Gasteiger partial charge in [-0.3, -0.25) is 9.52 Å². The first-order valence-corrected chi connectivity index (χ1v) is 9.90. The number of hydrogen-bond acceptors (Lipinski definition) is 3. The Hall–Kier alpha value is -2.76. The van der Waals surface area contributed by atoms with E-state index in [4.69, 9.17) is 0 Å². The molecule has 5 nitrogen and oxygen atoms in total. The maximum atomic E-state index is 13.0. The molecule has 1 aliphatic heterocycles. The Bertz CT molecular complexity index is 1080. The summed E-state index contributed by atoms with van der Waals surface area (Å²) in [5.41, 5.74) is -2.34. The van der Waals surface area contributed by atoms with Crippen LogP contribution in [0.25, 0.3) is 0 Å². The molecule has 1 N–H and O–H groups in total. The van der Waals surface area contributed by atoms with Crippen LogP contribution in [-0.4, -0.2) is 20.9 Å². The first kappa shape index (κ1) is 21.9. The van der Waals surface area contributed by atoms with E-state index in [0.29, 0.717) is 24.2 Å². The van der Waals surface area contributed by atoms with Crippen LogP contribution >= 0.6 is 0 Å². The average Bonchev–Trinajstić information content (AvgIpc) is 3.03. The van der Waals surface area contributed by atoms with Gasteiger partial charge in [0, 0.05) is 24.8 Å². The van der Waals surface area contributed by atoms with Crippen LogP contribution in [0.3, 0.4) is 0 Å². The molecule has 12 heteroatoms. The van der Waals surface area contributed by atoms with E-state index in [1.54, 1.807) is 0 Å².